The molecule has 1 aromatic heterocycles. The summed E-state index contributed by atoms with van der Waals surface area (Å²) in [6.07, 6.45) is 0.471. The third kappa shape index (κ3) is 4.57. The zero-order chi connectivity index (χ0) is 24.8. The fourth-order valence-electron chi connectivity index (χ4n) is 4.58. The number of anilines is 1. The average molecular weight is 493 g/mol. The van der Waals surface area contributed by atoms with Crippen molar-refractivity contribution in [3.05, 3.63) is 51.9 Å². The van der Waals surface area contributed by atoms with Crippen molar-refractivity contribution in [1.82, 2.24) is 9.62 Å². The van der Waals surface area contributed by atoms with Crippen LogP contribution in [-0.4, -0.2) is 43.2 Å². The smallest absolute Gasteiger partial charge is 0.311 e. The average Bonchev–Trinajstić information content (AvgIpc) is 3.07. The topological polar surface area (TPSA) is 113 Å². The van der Waals surface area contributed by atoms with Crippen molar-refractivity contribution in [2.24, 2.45) is 5.73 Å². The van der Waals surface area contributed by atoms with E-state index in [1.165, 1.54) is 4.31 Å². The zero-order valence-electron chi connectivity index (χ0n) is 19.9. The summed E-state index contributed by atoms with van der Waals surface area (Å²) in [5, 5.41) is 3.59. The van der Waals surface area contributed by atoms with E-state index in [-0.39, 0.29) is 34.8 Å². The van der Waals surface area contributed by atoms with Gasteiger partial charge < -0.3 is 11.1 Å². The largest absolute Gasteiger partial charge is 0.365 e. The molecule has 1 aliphatic heterocycles. The van der Waals surface area contributed by atoms with E-state index in [0.29, 0.717) is 12.0 Å². The molecule has 2 aromatic rings. The number of primary amides is 1. The summed E-state index contributed by atoms with van der Waals surface area (Å²) >= 11 is 1.13. The van der Waals surface area contributed by atoms with Gasteiger partial charge in [-0.1, -0.05) is 32.0 Å². The minimum atomic E-state index is -4.29. The maximum absolute atomic E-state index is 13.8. The summed E-state index contributed by atoms with van der Waals surface area (Å²) in [4.78, 5) is 27.2. The summed E-state index contributed by atoms with van der Waals surface area (Å²) in [5.74, 6) is -1.48. The van der Waals surface area contributed by atoms with Crippen LogP contribution in [0.3, 0.4) is 0 Å². The maximum atomic E-state index is 13.8. The second-order valence-electron chi connectivity index (χ2n) is 9.29. The van der Waals surface area contributed by atoms with E-state index in [1.807, 2.05) is 27.7 Å². The molecule has 1 aliphatic rings. The summed E-state index contributed by atoms with van der Waals surface area (Å²) in [6.45, 7) is 11.7. The number of fused-ring (bicyclic) bond motifs is 1. The lowest BCUT2D eigenvalue weighted by molar-refractivity contribution is 0.0999. The van der Waals surface area contributed by atoms with Crippen molar-refractivity contribution in [2.45, 2.75) is 59.0 Å². The molecular formula is C23H32N4O4S2. The molecule has 0 unspecified atom stereocenters. The standard InChI is InChI=1S/C23H32N4O4S2/c1-7-26(8-2)33(30,31)27(20(29)15-12-10-9-11-13-15)21-17(19(24)28)16-14-22(3,4)25-23(5,6)18(16)32-21/h9-13,25H,7-8,14H2,1-6H3,(H2,24,28). The molecule has 0 fully saturated rings. The molecule has 0 atom stereocenters. The van der Waals surface area contributed by atoms with Gasteiger partial charge in [0.1, 0.15) is 5.00 Å². The highest BCUT2D eigenvalue weighted by Crippen LogP contribution is 2.47. The molecule has 0 saturated heterocycles. The lowest BCUT2D eigenvalue weighted by Gasteiger charge is -2.42. The number of carbonyl (C=O) groups is 2. The van der Waals surface area contributed by atoms with Gasteiger partial charge in [-0.05, 0) is 51.8 Å². The van der Waals surface area contributed by atoms with Crippen LogP contribution in [0.5, 0.6) is 0 Å². The summed E-state index contributed by atoms with van der Waals surface area (Å²) in [6, 6.07) is 8.19. The molecule has 0 aliphatic carbocycles. The van der Waals surface area contributed by atoms with Gasteiger partial charge in [0.15, 0.2) is 0 Å². The van der Waals surface area contributed by atoms with Crippen LogP contribution in [-0.2, 0) is 22.2 Å². The molecule has 2 amide bonds. The predicted molar refractivity (Wildman–Crippen MR) is 132 cm³/mol. The second-order valence-corrected chi connectivity index (χ2v) is 12.1. The lowest BCUT2D eigenvalue weighted by Crippen LogP contribution is -2.55. The van der Waals surface area contributed by atoms with Gasteiger partial charge in [-0.15, -0.1) is 11.3 Å². The van der Waals surface area contributed by atoms with Crippen LogP contribution in [0, 0.1) is 0 Å². The van der Waals surface area contributed by atoms with Crippen LogP contribution >= 0.6 is 11.3 Å². The Hall–Kier alpha value is -2.27. The Kier molecular flexibility index (Phi) is 6.78. The van der Waals surface area contributed by atoms with Gasteiger partial charge in [0.2, 0.25) is 0 Å². The first-order valence-corrected chi connectivity index (χ1v) is 13.1. The molecule has 2 heterocycles. The van der Waals surface area contributed by atoms with Crippen LogP contribution < -0.4 is 15.4 Å². The predicted octanol–water partition coefficient (Wildman–Crippen LogP) is 3.24. The molecule has 1 aromatic carbocycles. The zero-order valence-corrected chi connectivity index (χ0v) is 21.6. The molecule has 3 rings (SSSR count). The van der Waals surface area contributed by atoms with Crippen LogP contribution in [0.1, 0.15) is 72.7 Å². The number of amides is 2. The highest BCUT2D eigenvalue weighted by Gasteiger charge is 2.45. The molecular weight excluding hydrogens is 460 g/mol. The first-order chi connectivity index (χ1) is 15.3. The van der Waals surface area contributed by atoms with Crippen molar-refractivity contribution >= 4 is 38.4 Å². The van der Waals surface area contributed by atoms with Gasteiger partial charge in [-0.3, -0.25) is 9.59 Å². The van der Waals surface area contributed by atoms with E-state index >= 15 is 0 Å². The van der Waals surface area contributed by atoms with Crippen molar-refractivity contribution in [3.8, 4) is 0 Å². The first kappa shape index (κ1) is 25.4. The Morgan fingerprint density at radius 1 is 1.09 bits per heavy atom. The number of hydrogen-bond donors (Lipinski definition) is 2. The Balaban J connectivity index is 2.35. The number of nitrogens with two attached hydrogens (primary N) is 1. The van der Waals surface area contributed by atoms with Crippen LogP contribution in [0.2, 0.25) is 0 Å². The molecule has 8 nitrogen and oxygen atoms in total. The molecule has 0 radical (unpaired) electrons. The van der Waals surface area contributed by atoms with E-state index in [4.69, 9.17) is 5.73 Å². The quantitative estimate of drug-likeness (QED) is 0.616. The molecule has 3 N–H and O–H groups in total. The second kappa shape index (κ2) is 8.83. The number of nitrogens with zero attached hydrogens (tertiary/aromatic N) is 2. The van der Waals surface area contributed by atoms with E-state index in [9.17, 15) is 18.0 Å². The van der Waals surface area contributed by atoms with Crippen LogP contribution in [0.25, 0.3) is 0 Å². The maximum Gasteiger partial charge on any atom is 0.311 e. The highest BCUT2D eigenvalue weighted by atomic mass is 32.2. The van der Waals surface area contributed by atoms with Gasteiger partial charge in [-0.25, -0.2) is 0 Å². The number of thiophene rings is 1. The Bertz CT molecular complexity index is 1170. The third-order valence-corrected chi connectivity index (χ3v) is 9.36. The van der Waals surface area contributed by atoms with Gasteiger partial charge in [-0.2, -0.15) is 17.0 Å². The van der Waals surface area contributed by atoms with Gasteiger partial charge in [0.05, 0.1) is 5.56 Å². The monoisotopic (exact) mass is 492 g/mol. The third-order valence-electron chi connectivity index (χ3n) is 5.72. The molecule has 33 heavy (non-hydrogen) atoms. The van der Waals surface area contributed by atoms with E-state index in [1.54, 1.807) is 44.2 Å². The number of carbonyl (C=O) groups excluding carboxylic acids is 2. The van der Waals surface area contributed by atoms with E-state index < -0.39 is 27.6 Å². The summed E-state index contributed by atoms with van der Waals surface area (Å²) in [7, 11) is -4.29. The molecule has 0 bridgehead atoms. The van der Waals surface area contributed by atoms with Gasteiger partial charge in [0, 0.05) is 34.6 Å². The van der Waals surface area contributed by atoms with Crippen molar-refractivity contribution in [3.63, 3.8) is 0 Å². The summed E-state index contributed by atoms with van der Waals surface area (Å²) < 4.78 is 29.5. The minimum absolute atomic E-state index is 0.0424. The highest BCUT2D eigenvalue weighted by molar-refractivity contribution is 7.91. The Morgan fingerprint density at radius 3 is 2.18 bits per heavy atom. The van der Waals surface area contributed by atoms with Crippen molar-refractivity contribution in [2.75, 3.05) is 17.4 Å². The SMILES string of the molecule is CCN(CC)S(=O)(=O)N(C(=O)c1ccccc1)c1sc2c(c1C(N)=O)CC(C)(C)NC2(C)C. The van der Waals surface area contributed by atoms with Crippen LogP contribution in [0.15, 0.2) is 30.3 Å². The Morgan fingerprint density at radius 2 is 1.67 bits per heavy atom. The van der Waals surface area contributed by atoms with E-state index in [2.05, 4.69) is 5.32 Å². The normalized spacial score (nSPS) is 16.9. The number of benzene rings is 1. The Labute approximate surface area is 199 Å². The summed E-state index contributed by atoms with van der Waals surface area (Å²) in [5.41, 5.74) is 5.90. The number of rotatable bonds is 7. The molecule has 0 saturated carbocycles. The van der Waals surface area contributed by atoms with E-state index in [0.717, 1.165) is 20.5 Å². The lowest BCUT2D eigenvalue weighted by atomic mass is 9.81. The molecule has 10 heteroatoms. The molecule has 0 spiro atoms. The molecule has 180 valence electrons. The van der Waals surface area contributed by atoms with Crippen molar-refractivity contribution < 1.29 is 18.0 Å². The number of hydrogen-bond acceptors (Lipinski definition) is 6. The fourth-order valence-corrected chi connectivity index (χ4v) is 7.76. The number of nitrogens with one attached hydrogen (secondary N) is 1. The minimum Gasteiger partial charge on any atom is -0.365 e. The van der Waals surface area contributed by atoms with Gasteiger partial charge >= 0.3 is 10.2 Å². The first-order valence-electron chi connectivity index (χ1n) is 10.9. The fraction of sp³-hybridized carbons (Fsp3) is 0.478. The van der Waals surface area contributed by atoms with Crippen molar-refractivity contribution in [1.29, 1.82) is 0 Å². The van der Waals surface area contributed by atoms with Crippen LogP contribution in [0.4, 0.5) is 5.00 Å². The van der Waals surface area contributed by atoms with Gasteiger partial charge in [0.25, 0.3) is 11.8 Å².